The molecular weight excluding hydrogens is 586 g/mol. The number of carboxylic acid groups (broad SMARTS) is 1. The van der Waals surface area contributed by atoms with Crippen molar-refractivity contribution in [2.45, 2.75) is 50.6 Å². The number of rotatable bonds is 9. The fraction of sp³-hybridized carbons (Fsp3) is 0.357. The van der Waals surface area contributed by atoms with Gasteiger partial charge in [0, 0.05) is 25.1 Å². The molecular formula is C28H26Cl2F3N3O5. The first-order chi connectivity index (χ1) is 19.4. The van der Waals surface area contributed by atoms with E-state index in [4.69, 9.17) is 32.7 Å². The summed E-state index contributed by atoms with van der Waals surface area (Å²) >= 11 is 12.0. The van der Waals surface area contributed by atoms with Crippen LogP contribution in [-0.2, 0) is 15.8 Å². The van der Waals surface area contributed by atoms with Gasteiger partial charge in [-0.3, -0.25) is 14.4 Å². The van der Waals surface area contributed by atoms with Gasteiger partial charge in [-0.05, 0) is 67.3 Å². The number of hydrogen-bond acceptors (Lipinski definition) is 5. The summed E-state index contributed by atoms with van der Waals surface area (Å²) in [5.41, 5.74) is 0.635. The number of benzene rings is 2. The highest BCUT2D eigenvalue weighted by Crippen LogP contribution is 2.39. The quantitative estimate of drug-likeness (QED) is 0.236. The number of alkyl halides is 3. The third kappa shape index (κ3) is 7.80. The fourth-order valence-electron chi connectivity index (χ4n) is 4.83. The zero-order valence-electron chi connectivity index (χ0n) is 21.6. The Bertz CT molecular complexity index is 1420. The molecule has 8 nitrogen and oxygen atoms in total. The number of aromatic nitrogens is 1. The first kappa shape index (κ1) is 30.4. The van der Waals surface area contributed by atoms with Crippen LogP contribution in [0.25, 0.3) is 11.5 Å². The molecule has 2 aromatic carbocycles. The molecule has 0 atom stereocenters. The molecule has 0 unspecified atom stereocenters. The van der Waals surface area contributed by atoms with Crippen molar-refractivity contribution in [3.63, 3.8) is 0 Å². The Morgan fingerprint density at radius 1 is 1.02 bits per heavy atom. The van der Waals surface area contributed by atoms with Crippen molar-refractivity contribution in [2.75, 3.05) is 11.9 Å². The van der Waals surface area contributed by atoms with Crippen LogP contribution in [0.1, 0.15) is 66.3 Å². The number of hydrogen-bond donors (Lipinski definition) is 3. The number of carbonyl (C=O) groups is 3. The second-order valence-electron chi connectivity index (χ2n) is 9.79. The molecule has 3 aromatic rings. The minimum atomic E-state index is -5.01. The normalized spacial score (nSPS) is 17.2. The van der Waals surface area contributed by atoms with Crippen molar-refractivity contribution in [3.05, 3.63) is 69.5 Å². The van der Waals surface area contributed by atoms with Gasteiger partial charge in [0.15, 0.2) is 5.69 Å². The maximum atomic E-state index is 13.6. The highest BCUT2D eigenvalue weighted by Gasteiger charge is 2.42. The summed E-state index contributed by atoms with van der Waals surface area (Å²) in [7, 11) is 0. The van der Waals surface area contributed by atoms with E-state index in [1.54, 1.807) is 12.1 Å². The molecule has 0 saturated heterocycles. The topological polar surface area (TPSA) is 122 Å². The molecule has 1 heterocycles. The SMILES string of the molecule is O=C(O)CC1CCC(c2ccc(NC(=O)CCNC(=O)c3nc(-c4cccc(Cl)c4Cl)oc3C(F)(F)F)cc2)CC1. The van der Waals surface area contributed by atoms with E-state index in [1.807, 2.05) is 12.1 Å². The summed E-state index contributed by atoms with van der Waals surface area (Å²) in [6.07, 6.45) is -1.50. The predicted molar refractivity (Wildman–Crippen MR) is 146 cm³/mol. The van der Waals surface area contributed by atoms with Gasteiger partial charge in [-0.25, -0.2) is 4.98 Å². The lowest BCUT2D eigenvalue weighted by Gasteiger charge is -2.28. The van der Waals surface area contributed by atoms with Gasteiger partial charge in [0.25, 0.3) is 5.91 Å². The third-order valence-electron chi connectivity index (χ3n) is 6.90. The minimum absolute atomic E-state index is 0.0139. The van der Waals surface area contributed by atoms with Crippen LogP contribution in [0.3, 0.4) is 0 Å². The number of carbonyl (C=O) groups excluding carboxylic acids is 2. The maximum Gasteiger partial charge on any atom is 0.452 e. The monoisotopic (exact) mass is 611 g/mol. The van der Waals surface area contributed by atoms with Crippen LogP contribution in [0, 0.1) is 5.92 Å². The lowest BCUT2D eigenvalue weighted by Crippen LogP contribution is -2.29. The molecule has 0 spiro atoms. The molecule has 4 rings (SSSR count). The van der Waals surface area contributed by atoms with E-state index in [0.717, 1.165) is 31.2 Å². The van der Waals surface area contributed by atoms with Crippen LogP contribution in [0.15, 0.2) is 46.9 Å². The zero-order valence-corrected chi connectivity index (χ0v) is 23.1. The molecule has 1 saturated carbocycles. The Kier molecular flexibility index (Phi) is 9.60. The molecule has 3 N–H and O–H groups in total. The number of carboxylic acids is 1. The standard InChI is InChI=1S/C28H26Cl2F3N3O5/c29-20-3-1-2-19(23(20)30)27-36-24(25(41-27)28(31,32)33)26(40)34-13-12-21(37)35-18-10-8-17(9-11-18)16-6-4-15(5-7-16)14-22(38)39/h1-3,8-11,15-16H,4-7,12-14H2,(H,34,40)(H,35,37)(H,38,39). The van der Waals surface area contributed by atoms with Gasteiger partial charge in [0.2, 0.25) is 17.6 Å². The van der Waals surface area contributed by atoms with Crippen molar-refractivity contribution in [2.24, 2.45) is 5.92 Å². The summed E-state index contributed by atoms with van der Waals surface area (Å²) in [6, 6.07) is 11.6. The summed E-state index contributed by atoms with van der Waals surface area (Å²) in [5.74, 6) is -3.98. The van der Waals surface area contributed by atoms with Gasteiger partial charge in [-0.1, -0.05) is 41.4 Å². The van der Waals surface area contributed by atoms with E-state index in [0.29, 0.717) is 11.6 Å². The molecule has 2 amide bonds. The van der Waals surface area contributed by atoms with Crippen molar-refractivity contribution in [3.8, 4) is 11.5 Å². The Balaban J connectivity index is 1.31. The Morgan fingerprint density at radius 2 is 1.71 bits per heavy atom. The number of aliphatic carboxylic acids is 1. The molecule has 1 aliphatic rings. The summed E-state index contributed by atoms with van der Waals surface area (Å²) in [5, 5.41) is 13.9. The van der Waals surface area contributed by atoms with Gasteiger partial charge in [0.1, 0.15) is 0 Å². The highest BCUT2D eigenvalue weighted by atomic mass is 35.5. The number of oxazole rings is 1. The first-order valence-corrected chi connectivity index (χ1v) is 13.6. The summed E-state index contributed by atoms with van der Waals surface area (Å²) < 4.78 is 45.5. The molecule has 1 aliphatic carbocycles. The van der Waals surface area contributed by atoms with E-state index in [9.17, 15) is 27.6 Å². The van der Waals surface area contributed by atoms with Gasteiger partial charge in [-0.2, -0.15) is 13.2 Å². The van der Waals surface area contributed by atoms with Gasteiger partial charge in [0.05, 0.1) is 15.6 Å². The van der Waals surface area contributed by atoms with Crippen LogP contribution in [0.4, 0.5) is 18.9 Å². The van der Waals surface area contributed by atoms with Crippen LogP contribution in [0.2, 0.25) is 10.0 Å². The van der Waals surface area contributed by atoms with E-state index in [-0.39, 0.29) is 40.9 Å². The molecule has 0 bridgehead atoms. The van der Waals surface area contributed by atoms with Crippen LogP contribution in [-0.4, -0.2) is 34.4 Å². The Morgan fingerprint density at radius 3 is 2.34 bits per heavy atom. The van der Waals surface area contributed by atoms with Gasteiger partial charge >= 0.3 is 12.1 Å². The highest BCUT2D eigenvalue weighted by molar-refractivity contribution is 6.43. The van der Waals surface area contributed by atoms with Crippen LogP contribution in [0.5, 0.6) is 0 Å². The molecule has 0 radical (unpaired) electrons. The first-order valence-electron chi connectivity index (χ1n) is 12.8. The number of halogens is 5. The Labute approximate surface area is 243 Å². The number of nitrogens with one attached hydrogen (secondary N) is 2. The lowest BCUT2D eigenvalue weighted by molar-refractivity contribution is -0.153. The van der Waals surface area contributed by atoms with E-state index < -0.39 is 41.3 Å². The van der Waals surface area contributed by atoms with Crippen LogP contribution < -0.4 is 10.6 Å². The van der Waals surface area contributed by atoms with Crippen molar-refractivity contribution < 1.29 is 37.1 Å². The van der Waals surface area contributed by atoms with Crippen molar-refractivity contribution >= 4 is 46.7 Å². The second-order valence-corrected chi connectivity index (χ2v) is 10.6. The van der Waals surface area contributed by atoms with Gasteiger partial charge in [-0.15, -0.1) is 0 Å². The number of amides is 2. The lowest BCUT2D eigenvalue weighted by atomic mass is 9.77. The fourth-order valence-corrected chi connectivity index (χ4v) is 5.21. The van der Waals surface area contributed by atoms with Gasteiger partial charge < -0.3 is 20.2 Å². The summed E-state index contributed by atoms with van der Waals surface area (Å²) in [6.45, 7) is -0.250. The van der Waals surface area contributed by atoms with Crippen molar-refractivity contribution in [1.82, 2.24) is 10.3 Å². The largest absolute Gasteiger partial charge is 0.481 e. The smallest absolute Gasteiger partial charge is 0.452 e. The Hall–Kier alpha value is -3.57. The molecule has 218 valence electrons. The molecule has 1 aromatic heterocycles. The van der Waals surface area contributed by atoms with Crippen molar-refractivity contribution in [1.29, 1.82) is 0 Å². The zero-order chi connectivity index (χ0) is 29.7. The minimum Gasteiger partial charge on any atom is -0.481 e. The summed E-state index contributed by atoms with van der Waals surface area (Å²) in [4.78, 5) is 39.6. The average molecular weight is 612 g/mol. The molecule has 1 fully saturated rings. The van der Waals surface area contributed by atoms with E-state index in [2.05, 4.69) is 15.6 Å². The van der Waals surface area contributed by atoms with E-state index >= 15 is 0 Å². The molecule has 0 aliphatic heterocycles. The number of nitrogens with zero attached hydrogens (tertiary/aromatic N) is 1. The van der Waals surface area contributed by atoms with E-state index in [1.165, 1.54) is 18.2 Å². The van der Waals surface area contributed by atoms with Crippen LogP contribution >= 0.6 is 23.2 Å². The average Bonchev–Trinajstić information content (AvgIpc) is 3.37. The number of anilines is 1. The third-order valence-corrected chi connectivity index (χ3v) is 7.71. The molecule has 13 heteroatoms. The predicted octanol–water partition coefficient (Wildman–Crippen LogP) is 7.17. The maximum absolute atomic E-state index is 13.6. The second kappa shape index (κ2) is 12.9. The molecule has 41 heavy (non-hydrogen) atoms.